The fourth-order valence-electron chi connectivity index (χ4n) is 4.55. The van der Waals surface area contributed by atoms with Crippen molar-refractivity contribution in [3.8, 4) is 32.3 Å². The van der Waals surface area contributed by atoms with Crippen molar-refractivity contribution >= 4 is 39.2 Å². The molecular weight excluding hydrogens is 569 g/mol. The van der Waals surface area contributed by atoms with Crippen LogP contribution in [0.5, 0.6) is 0 Å². The number of nitrogens with zero attached hydrogens (tertiary/aromatic N) is 2. The summed E-state index contributed by atoms with van der Waals surface area (Å²) >= 11 is 1.49. The average Bonchev–Trinajstić information content (AvgIpc) is 3.42. The first kappa shape index (κ1) is 28.8. The van der Waals surface area contributed by atoms with E-state index in [0.717, 1.165) is 49.7 Å². The van der Waals surface area contributed by atoms with Gasteiger partial charge in [0.2, 0.25) is 5.91 Å². The van der Waals surface area contributed by atoms with Gasteiger partial charge in [0.25, 0.3) is 0 Å². The number of hydrogen-bond donors (Lipinski definition) is 2. The topological polar surface area (TPSA) is 132 Å². The van der Waals surface area contributed by atoms with Crippen molar-refractivity contribution in [1.29, 1.82) is 0 Å². The van der Waals surface area contributed by atoms with E-state index in [-0.39, 0.29) is 4.90 Å². The normalized spacial score (nSPS) is 12.0. The van der Waals surface area contributed by atoms with Crippen LogP contribution in [0.3, 0.4) is 0 Å². The van der Waals surface area contributed by atoms with Crippen LogP contribution in [0.15, 0.2) is 96.0 Å². The molecule has 0 aliphatic rings. The molecule has 0 bridgehead atoms. The summed E-state index contributed by atoms with van der Waals surface area (Å²) in [5, 5.41) is 3.94. The van der Waals surface area contributed by atoms with Gasteiger partial charge in [-0.15, -0.1) is 11.3 Å². The number of benzene rings is 3. The van der Waals surface area contributed by atoms with E-state index in [1.54, 1.807) is 48.7 Å². The Bertz CT molecular complexity index is 1880. The number of rotatable bonds is 10. The minimum absolute atomic E-state index is 0.248. The highest BCUT2D eigenvalue weighted by Crippen LogP contribution is 2.41. The predicted octanol–water partition coefficient (Wildman–Crippen LogP) is 5.57. The quantitative estimate of drug-likeness (QED) is 0.201. The minimum atomic E-state index is -3.31. The Balaban J connectivity index is 1.49. The monoisotopic (exact) mass is 596 g/mol. The van der Waals surface area contributed by atoms with E-state index in [1.807, 2.05) is 43.3 Å². The Morgan fingerprint density at radius 2 is 1.74 bits per heavy atom. The zero-order valence-electron chi connectivity index (χ0n) is 22.9. The fourth-order valence-corrected chi connectivity index (χ4v) is 6.27. The molecule has 8 nitrogen and oxygen atoms in total. The van der Waals surface area contributed by atoms with Crippen LogP contribution in [0.2, 0.25) is 0 Å². The Hall–Kier alpha value is -4.67. The first-order valence-corrected chi connectivity index (χ1v) is 15.8. The second-order valence-corrected chi connectivity index (χ2v) is 13.0. The Labute approximate surface area is 248 Å². The third kappa shape index (κ3) is 6.62. The summed E-state index contributed by atoms with van der Waals surface area (Å²) in [6, 6.07) is 24.8. The molecule has 5 aromatic rings. The van der Waals surface area contributed by atoms with Crippen LogP contribution in [-0.2, 0) is 21.1 Å². The summed E-state index contributed by atoms with van der Waals surface area (Å²) in [5.74, 6) is -0.0141. The van der Waals surface area contributed by atoms with Crippen molar-refractivity contribution in [2.45, 2.75) is 24.3 Å². The van der Waals surface area contributed by atoms with Crippen molar-refractivity contribution in [2.75, 3.05) is 11.6 Å². The molecule has 5 rings (SSSR count). The highest BCUT2D eigenvalue weighted by molar-refractivity contribution is 7.90. The molecule has 0 aliphatic heterocycles. The number of pyridine rings is 1. The molecule has 0 radical (unpaired) electrons. The Kier molecular flexibility index (Phi) is 8.28. The lowest BCUT2D eigenvalue weighted by Crippen LogP contribution is -2.24. The first-order valence-electron chi connectivity index (χ1n) is 13.1. The zero-order chi connectivity index (χ0) is 29.9. The van der Waals surface area contributed by atoms with Gasteiger partial charge in [0.1, 0.15) is 17.1 Å². The summed E-state index contributed by atoms with van der Waals surface area (Å²) < 4.78 is 23.9. The first-order chi connectivity index (χ1) is 20.1. The van der Waals surface area contributed by atoms with Crippen LogP contribution in [0.4, 0.5) is 5.82 Å². The number of sulfone groups is 1. The minimum Gasteiger partial charge on any atom is -0.366 e. The third-order valence-electron chi connectivity index (χ3n) is 6.63. The number of nitrogens with one attached hydrogen (secondary N) is 1. The van der Waals surface area contributed by atoms with Crippen molar-refractivity contribution < 1.29 is 18.0 Å². The van der Waals surface area contributed by atoms with Crippen LogP contribution < -0.4 is 11.1 Å². The largest absolute Gasteiger partial charge is 0.366 e. The van der Waals surface area contributed by atoms with Gasteiger partial charge < -0.3 is 15.8 Å². The summed E-state index contributed by atoms with van der Waals surface area (Å²) in [6.07, 6.45) is 4.02. The number of nitrogens with two attached hydrogens (primary N) is 1. The van der Waals surface area contributed by atoms with Crippen molar-refractivity contribution in [3.63, 3.8) is 0 Å². The molecule has 0 saturated heterocycles. The maximum absolute atomic E-state index is 12.0. The molecule has 3 N–H and O–H groups in total. The molecule has 0 saturated carbocycles. The van der Waals surface area contributed by atoms with E-state index in [0.29, 0.717) is 17.8 Å². The smallest absolute Gasteiger partial charge is 0.248 e. The van der Waals surface area contributed by atoms with E-state index < -0.39 is 21.8 Å². The number of aldehydes is 1. The summed E-state index contributed by atoms with van der Waals surface area (Å²) in [7, 11) is -3.31. The van der Waals surface area contributed by atoms with Gasteiger partial charge in [-0.3, -0.25) is 4.79 Å². The van der Waals surface area contributed by atoms with Crippen molar-refractivity contribution in [1.82, 2.24) is 9.97 Å². The number of thiazole rings is 1. The zero-order valence-corrected chi connectivity index (χ0v) is 24.6. The second-order valence-electron chi connectivity index (χ2n) is 9.95. The maximum Gasteiger partial charge on any atom is 0.248 e. The van der Waals surface area contributed by atoms with E-state index >= 15 is 0 Å². The standard InChI is InChI=1S/C32H28N4O4S2/c1-20-5-3-7-23(15-20)29-30(41-32(36-29)22-9-11-27(12-10-22)42(2,39)40)24-13-14-34-28(18-24)35-26(19-37)17-21-6-4-8-25(16-21)31(33)38/h3-16,18-19,26H,17H2,1-2H3,(H2,33,38)(H,34,35)/t26-/m0/s1. The Morgan fingerprint density at radius 3 is 2.43 bits per heavy atom. The molecule has 0 spiro atoms. The summed E-state index contributed by atoms with van der Waals surface area (Å²) in [5.41, 5.74) is 11.1. The molecule has 0 unspecified atom stereocenters. The second kappa shape index (κ2) is 12.1. The van der Waals surface area contributed by atoms with E-state index in [9.17, 15) is 18.0 Å². The average molecular weight is 597 g/mol. The van der Waals surface area contributed by atoms with Crippen LogP contribution in [0.25, 0.3) is 32.3 Å². The van der Waals surface area contributed by atoms with E-state index in [2.05, 4.69) is 16.4 Å². The lowest BCUT2D eigenvalue weighted by molar-refractivity contribution is -0.108. The van der Waals surface area contributed by atoms with Gasteiger partial charge in [0.05, 0.1) is 21.5 Å². The predicted molar refractivity (Wildman–Crippen MR) is 166 cm³/mol. The van der Waals surface area contributed by atoms with Gasteiger partial charge in [-0.1, -0.05) is 48.0 Å². The van der Waals surface area contributed by atoms with Gasteiger partial charge in [-0.05, 0) is 66.9 Å². The summed E-state index contributed by atoms with van der Waals surface area (Å²) in [4.78, 5) is 34.1. The molecule has 1 amide bonds. The number of primary amides is 1. The number of amides is 1. The van der Waals surface area contributed by atoms with Crippen molar-refractivity contribution in [2.24, 2.45) is 5.73 Å². The SMILES string of the molecule is Cc1cccc(-c2nc(-c3ccc(S(C)(=O)=O)cc3)sc2-c2ccnc(N[C@H](C=O)Cc3cccc(C(N)=O)c3)c2)c1. The van der Waals surface area contributed by atoms with Gasteiger partial charge in [-0.25, -0.2) is 18.4 Å². The van der Waals surface area contributed by atoms with Gasteiger partial charge >= 0.3 is 0 Å². The summed E-state index contributed by atoms with van der Waals surface area (Å²) in [6.45, 7) is 2.02. The van der Waals surface area contributed by atoms with Gasteiger partial charge in [0, 0.05) is 29.1 Å². The van der Waals surface area contributed by atoms with Crippen LogP contribution in [0, 0.1) is 6.92 Å². The number of carbonyl (C=O) groups excluding carboxylic acids is 2. The number of hydrogen-bond acceptors (Lipinski definition) is 8. The number of aryl methyl sites for hydroxylation is 1. The van der Waals surface area contributed by atoms with Crippen LogP contribution in [0.1, 0.15) is 21.5 Å². The molecule has 0 aliphatic carbocycles. The molecule has 3 aromatic carbocycles. The molecule has 212 valence electrons. The maximum atomic E-state index is 12.0. The van der Waals surface area contributed by atoms with Crippen LogP contribution in [-0.4, -0.2) is 42.9 Å². The molecular formula is C32H28N4O4S2. The number of anilines is 1. The molecule has 42 heavy (non-hydrogen) atoms. The van der Waals surface area contributed by atoms with Crippen molar-refractivity contribution in [3.05, 3.63) is 108 Å². The molecule has 0 fully saturated rings. The van der Waals surface area contributed by atoms with Gasteiger partial charge in [-0.2, -0.15) is 0 Å². The Morgan fingerprint density at radius 1 is 0.976 bits per heavy atom. The van der Waals surface area contributed by atoms with E-state index in [4.69, 9.17) is 10.7 Å². The molecule has 2 heterocycles. The van der Waals surface area contributed by atoms with Crippen LogP contribution >= 0.6 is 11.3 Å². The third-order valence-corrected chi connectivity index (χ3v) is 8.92. The number of aromatic nitrogens is 2. The molecule has 1 atom stereocenters. The van der Waals surface area contributed by atoms with E-state index in [1.165, 1.54) is 17.6 Å². The fraction of sp³-hybridized carbons (Fsp3) is 0.125. The highest BCUT2D eigenvalue weighted by atomic mass is 32.2. The highest BCUT2D eigenvalue weighted by Gasteiger charge is 2.19. The lowest BCUT2D eigenvalue weighted by Gasteiger charge is -2.14. The molecule has 10 heteroatoms. The molecule has 2 aromatic heterocycles. The lowest BCUT2D eigenvalue weighted by atomic mass is 10.0. The van der Waals surface area contributed by atoms with Gasteiger partial charge in [0.15, 0.2) is 9.84 Å². The number of carbonyl (C=O) groups is 2.